The minimum atomic E-state index is -0.655. The number of halogens is 2. The summed E-state index contributed by atoms with van der Waals surface area (Å²) in [6, 6.07) is 37.7. The first-order chi connectivity index (χ1) is 23.2. The van der Waals surface area contributed by atoms with Crippen molar-refractivity contribution >= 4 is 75.8 Å². The number of nitrogens with one attached hydrogen (secondary N) is 3. The van der Waals surface area contributed by atoms with Gasteiger partial charge in [-0.3, -0.25) is 14.4 Å². The van der Waals surface area contributed by atoms with Gasteiger partial charge in [-0.15, -0.1) is 11.8 Å². The minimum Gasteiger partial charge on any atom is -0.378 e. The number of amides is 3. The Labute approximate surface area is 294 Å². The van der Waals surface area contributed by atoms with E-state index in [0.29, 0.717) is 27.0 Å². The van der Waals surface area contributed by atoms with Gasteiger partial charge in [0.25, 0.3) is 11.8 Å². The van der Waals surface area contributed by atoms with Gasteiger partial charge in [-0.1, -0.05) is 89.9 Å². The summed E-state index contributed by atoms with van der Waals surface area (Å²) in [5.74, 6) is -1.22. The number of carbonyl (C=O) groups is 3. The van der Waals surface area contributed by atoms with Gasteiger partial charge in [0.2, 0.25) is 5.91 Å². The van der Waals surface area contributed by atoms with Gasteiger partial charge in [0, 0.05) is 41.0 Å². The van der Waals surface area contributed by atoms with Gasteiger partial charge in [0.15, 0.2) is 0 Å². The average Bonchev–Trinajstić information content (AvgIpc) is 3.09. The lowest BCUT2D eigenvalue weighted by molar-refractivity contribution is -0.116. The zero-order valence-corrected chi connectivity index (χ0v) is 28.4. The van der Waals surface area contributed by atoms with Crippen LogP contribution in [0.25, 0.3) is 6.08 Å². The molecule has 0 aliphatic rings. The van der Waals surface area contributed by atoms with Crippen LogP contribution in [-0.4, -0.2) is 31.8 Å². The fraction of sp³-hybridized carbons (Fsp3) is 0.0789. The summed E-state index contributed by atoms with van der Waals surface area (Å²) >= 11 is 13.8. The zero-order chi connectivity index (χ0) is 34.0. The van der Waals surface area contributed by atoms with Crippen LogP contribution in [0.15, 0.2) is 138 Å². The van der Waals surface area contributed by atoms with Crippen molar-refractivity contribution in [2.24, 2.45) is 0 Å². The fourth-order valence-corrected chi connectivity index (χ4v) is 6.07. The average molecular weight is 696 g/mol. The van der Waals surface area contributed by atoms with Crippen LogP contribution >= 0.6 is 35.0 Å². The molecule has 7 nitrogen and oxygen atoms in total. The Hall–Kier alpha value is -5.02. The van der Waals surface area contributed by atoms with Crippen molar-refractivity contribution in [1.29, 1.82) is 0 Å². The molecule has 0 heterocycles. The van der Waals surface area contributed by atoms with E-state index in [1.54, 1.807) is 66.7 Å². The molecule has 1 atom stereocenters. The highest BCUT2D eigenvalue weighted by molar-refractivity contribution is 8.00. The van der Waals surface area contributed by atoms with Gasteiger partial charge in [0.05, 0.1) is 10.7 Å². The Kier molecular flexibility index (Phi) is 11.6. The maximum Gasteiger partial charge on any atom is 0.272 e. The van der Waals surface area contributed by atoms with Crippen molar-refractivity contribution < 1.29 is 14.4 Å². The third kappa shape index (κ3) is 9.29. The number of carbonyl (C=O) groups excluding carboxylic acids is 3. The van der Waals surface area contributed by atoms with Crippen LogP contribution in [-0.2, 0) is 9.59 Å². The Balaban J connectivity index is 1.39. The highest BCUT2D eigenvalue weighted by Gasteiger charge is 2.23. The van der Waals surface area contributed by atoms with Crippen molar-refractivity contribution in [3.8, 4) is 0 Å². The molecular formula is C38H32Cl2N4O3S. The number of hydrogen-bond acceptors (Lipinski definition) is 5. The highest BCUT2D eigenvalue weighted by Crippen LogP contribution is 2.38. The predicted molar refractivity (Wildman–Crippen MR) is 198 cm³/mol. The van der Waals surface area contributed by atoms with E-state index in [0.717, 1.165) is 21.7 Å². The number of benzene rings is 5. The lowest BCUT2D eigenvalue weighted by Gasteiger charge is -2.18. The molecule has 3 amide bonds. The van der Waals surface area contributed by atoms with Crippen LogP contribution in [0.2, 0.25) is 10.0 Å². The molecule has 48 heavy (non-hydrogen) atoms. The SMILES string of the molecule is CN(C)c1ccc(/C=C(/NC(=O)c2ccccc2)C(=O)Nc2cccc(SC(C(=O)Nc3cc(Cl)ccc3Cl)c3ccccc3)c2)cc1. The van der Waals surface area contributed by atoms with Crippen LogP contribution in [0.1, 0.15) is 26.7 Å². The van der Waals surface area contributed by atoms with Gasteiger partial charge in [-0.05, 0) is 77.9 Å². The lowest BCUT2D eigenvalue weighted by Crippen LogP contribution is -2.30. The second kappa shape index (κ2) is 16.2. The van der Waals surface area contributed by atoms with Crippen molar-refractivity contribution in [2.45, 2.75) is 10.1 Å². The van der Waals surface area contributed by atoms with Crippen LogP contribution in [0.3, 0.4) is 0 Å². The van der Waals surface area contributed by atoms with Crippen molar-refractivity contribution in [1.82, 2.24) is 5.32 Å². The topological polar surface area (TPSA) is 90.5 Å². The molecule has 5 rings (SSSR count). The van der Waals surface area contributed by atoms with E-state index in [1.165, 1.54) is 11.8 Å². The normalized spacial score (nSPS) is 11.7. The van der Waals surface area contributed by atoms with E-state index in [1.807, 2.05) is 85.7 Å². The number of rotatable bonds is 11. The molecule has 5 aromatic carbocycles. The van der Waals surface area contributed by atoms with E-state index in [2.05, 4.69) is 16.0 Å². The van der Waals surface area contributed by atoms with Gasteiger partial charge < -0.3 is 20.9 Å². The van der Waals surface area contributed by atoms with E-state index >= 15 is 0 Å². The van der Waals surface area contributed by atoms with Gasteiger partial charge in [0.1, 0.15) is 10.9 Å². The molecule has 10 heteroatoms. The predicted octanol–water partition coefficient (Wildman–Crippen LogP) is 8.94. The number of nitrogens with zero attached hydrogens (tertiary/aromatic N) is 1. The molecule has 0 saturated heterocycles. The molecule has 3 N–H and O–H groups in total. The van der Waals surface area contributed by atoms with Crippen LogP contribution in [0.5, 0.6) is 0 Å². The van der Waals surface area contributed by atoms with Crippen LogP contribution < -0.4 is 20.9 Å². The third-order valence-electron chi connectivity index (χ3n) is 7.12. The van der Waals surface area contributed by atoms with Gasteiger partial charge in [-0.2, -0.15) is 0 Å². The minimum absolute atomic E-state index is 0.0689. The second-order valence-electron chi connectivity index (χ2n) is 10.9. The summed E-state index contributed by atoms with van der Waals surface area (Å²) in [7, 11) is 3.89. The third-order valence-corrected chi connectivity index (χ3v) is 8.93. The fourth-order valence-electron chi connectivity index (χ4n) is 4.65. The molecule has 0 spiro atoms. The second-order valence-corrected chi connectivity index (χ2v) is 12.9. The van der Waals surface area contributed by atoms with Crippen molar-refractivity contribution in [3.63, 3.8) is 0 Å². The summed E-state index contributed by atoms with van der Waals surface area (Å²) < 4.78 is 0. The highest BCUT2D eigenvalue weighted by atomic mass is 35.5. The van der Waals surface area contributed by atoms with Crippen molar-refractivity contribution in [2.75, 3.05) is 29.6 Å². The molecular weight excluding hydrogens is 663 g/mol. The Bertz CT molecular complexity index is 1940. The standard InChI is InChI=1S/C38H32Cl2N4O3S/c1-44(2)30-19-16-25(17-20-30)22-34(43-36(45)27-12-7-4-8-13-27)37(46)41-29-14-9-15-31(24-29)48-35(26-10-5-3-6-11-26)38(47)42-33-23-28(39)18-21-32(33)40/h3-24,35H,1-2H3,(H,41,46)(H,42,47)(H,43,45)/b34-22+. The summed E-state index contributed by atoms with van der Waals surface area (Å²) in [6.45, 7) is 0. The van der Waals surface area contributed by atoms with Crippen LogP contribution in [0.4, 0.5) is 17.1 Å². The van der Waals surface area contributed by atoms with Crippen molar-refractivity contribution in [3.05, 3.63) is 160 Å². The monoisotopic (exact) mass is 694 g/mol. The first-order valence-electron chi connectivity index (χ1n) is 14.9. The number of thioether (sulfide) groups is 1. The Morgan fingerprint density at radius 1 is 0.750 bits per heavy atom. The number of hydrogen-bond donors (Lipinski definition) is 3. The van der Waals surface area contributed by atoms with E-state index in [-0.39, 0.29) is 11.6 Å². The summed E-state index contributed by atoms with van der Waals surface area (Å²) in [6.07, 6.45) is 1.63. The summed E-state index contributed by atoms with van der Waals surface area (Å²) in [4.78, 5) is 43.1. The smallest absolute Gasteiger partial charge is 0.272 e. The molecule has 1 unspecified atom stereocenters. The molecule has 0 aliphatic carbocycles. The molecule has 0 aliphatic heterocycles. The maximum atomic E-state index is 13.7. The largest absolute Gasteiger partial charge is 0.378 e. The zero-order valence-electron chi connectivity index (χ0n) is 26.1. The lowest BCUT2D eigenvalue weighted by atomic mass is 10.1. The van der Waals surface area contributed by atoms with E-state index in [9.17, 15) is 14.4 Å². The molecule has 0 fully saturated rings. The number of anilines is 3. The quantitative estimate of drug-likeness (QED) is 0.0949. The first-order valence-corrected chi connectivity index (χ1v) is 16.5. The molecule has 0 aromatic heterocycles. The Morgan fingerprint density at radius 2 is 1.44 bits per heavy atom. The van der Waals surface area contributed by atoms with Crippen LogP contribution in [0, 0.1) is 0 Å². The summed E-state index contributed by atoms with van der Waals surface area (Å²) in [5, 5.41) is 8.74. The molecule has 242 valence electrons. The van der Waals surface area contributed by atoms with Gasteiger partial charge in [-0.25, -0.2) is 0 Å². The van der Waals surface area contributed by atoms with E-state index in [4.69, 9.17) is 23.2 Å². The van der Waals surface area contributed by atoms with Gasteiger partial charge >= 0.3 is 0 Å². The maximum absolute atomic E-state index is 13.7. The first kappa shape index (κ1) is 34.3. The molecule has 0 radical (unpaired) electrons. The van der Waals surface area contributed by atoms with E-state index < -0.39 is 17.1 Å². The molecule has 0 saturated carbocycles. The molecule has 0 bridgehead atoms. The Morgan fingerprint density at radius 3 is 2.12 bits per heavy atom. The molecule has 5 aromatic rings. The summed E-state index contributed by atoms with van der Waals surface area (Å²) in [5.41, 5.74) is 3.89.